The van der Waals surface area contributed by atoms with Gasteiger partial charge in [0.2, 0.25) is 0 Å². The first-order valence-corrected chi connectivity index (χ1v) is 22.5. The summed E-state index contributed by atoms with van der Waals surface area (Å²) in [6, 6.07) is 11.8. The van der Waals surface area contributed by atoms with Gasteiger partial charge in [-0.2, -0.15) is 5.10 Å². The third-order valence-electron chi connectivity index (χ3n) is 13.4. The van der Waals surface area contributed by atoms with Crippen LogP contribution in [-0.4, -0.2) is 95.9 Å². The van der Waals surface area contributed by atoms with Gasteiger partial charge in [0.1, 0.15) is 5.82 Å². The first kappa shape index (κ1) is 42.7. The molecule has 14 nitrogen and oxygen atoms in total. The number of ether oxygens (including phenoxy) is 1. The fourth-order valence-corrected chi connectivity index (χ4v) is 12.9. The van der Waals surface area contributed by atoms with Gasteiger partial charge in [-0.1, -0.05) is 51.2 Å². The van der Waals surface area contributed by atoms with Crippen molar-refractivity contribution in [3.8, 4) is 11.1 Å². The van der Waals surface area contributed by atoms with E-state index in [-0.39, 0.29) is 34.0 Å². The number of carbonyl (C=O) groups is 2. The molecule has 0 saturated heterocycles. The molecule has 4 saturated carbocycles. The van der Waals surface area contributed by atoms with Gasteiger partial charge in [0.05, 0.1) is 35.0 Å². The predicted molar refractivity (Wildman–Crippen MR) is 238 cm³/mol. The summed E-state index contributed by atoms with van der Waals surface area (Å²) < 4.78 is 10.1. The molecule has 5 aromatic rings. The van der Waals surface area contributed by atoms with E-state index in [1.807, 2.05) is 80.9 Å². The highest BCUT2D eigenvalue weighted by atomic mass is 32.1. The van der Waals surface area contributed by atoms with E-state index < -0.39 is 11.9 Å². The van der Waals surface area contributed by atoms with Gasteiger partial charge in [-0.25, -0.2) is 14.8 Å². The summed E-state index contributed by atoms with van der Waals surface area (Å²) in [6.45, 7) is 16.1. The van der Waals surface area contributed by atoms with E-state index in [1.165, 1.54) is 6.42 Å². The van der Waals surface area contributed by atoms with Crippen molar-refractivity contribution in [2.75, 3.05) is 43.5 Å². The molecule has 4 bridgehead atoms. The van der Waals surface area contributed by atoms with Crippen molar-refractivity contribution >= 4 is 56.1 Å². The zero-order valence-electron chi connectivity index (χ0n) is 36.5. The molecule has 0 spiro atoms. The largest absolute Gasteiger partial charge is 0.481 e. The van der Waals surface area contributed by atoms with Crippen LogP contribution in [-0.2, 0) is 22.5 Å². The van der Waals surface area contributed by atoms with Crippen LogP contribution in [0.1, 0.15) is 106 Å². The minimum absolute atomic E-state index is 0.0101. The quantitative estimate of drug-likeness (QED) is 0.0968. The number of hydrogen-bond donors (Lipinski definition) is 3. The Morgan fingerprint density at radius 3 is 2.41 bits per heavy atom. The molecule has 324 valence electrons. The number of thiazole rings is 1. The Morgan fingerprint density at radius 2 is 1.69 bits per heavy atom. The minimum Gasteiger partial charge on any atom is -0.481 e. The molecule has 61 heavy (non-hydrogen) atoms. The Balaban J connectivity index is 0.00000253. The van der Waals surface area contributed by atoms with Crippen LogP contribution in [0.2, 0.25) is 0 Å². The lowest BCUT2D eigenvalue weighted by Gasteiger charge is -2.69. The number of nitrogens with one attached hydrogen (secondary N) is 1. The second-order valence-corrected chi connectivity index (χ2v) is 19.7. The summed E-state index contributed by atoms with van der Waals surface area (Å²) in [7, 11) is 1.95. The van der Waals surface area contributed by atoms with Gasteiger partial charge < -0.3 is 30.1 Å². The molecule has 1 aromatic carbocycles. The van der Waals surface area contributed by atoms with Gasteiger partial charge in [-0.05, 0) is 113 Å². The molecular formula is C46H59N9O5S. The average Bonchev–Trinajstić information content (AvgIpc) is 3.78. The van der Waals surface area contributed by atoms with Crippen LogP contribution in [0.25, 0.3) is 21.3 Å². The highest BCUT2D eigenvalue weighted by molar-refractivity contribution is 7.22. The fourth-order valence-electron chi connectivity index (χ4n) is 12.1. The number of aliphatic carboxylic acids is 1. The molecule has 5 aliphatic rings. The van der Waals surface area contributed by atoms with E-state index >= 15 is 0 Å². The van der Waals surface area contributed by atoms with Crippen LogP contribution in [0.3, 0.4) is 0 Å². The number of hydrogen-bond acceptors (Lipinski definition) is 12. The van der Waals surface area contributed by atoms with Gasteiger partial charge in [0.15, 0.2) is 22.5 Å². The Bertz CT molecular complexity index is 2410. The predicted octanol–water partition coefficient (Wildman–Crippen LogP) is 9.06. The monoisotopic (exact) mass is 849 g/mol. The second-order valence-electron chi connectivity index (χ2n) is 18.7. The fraction of sp³-hybridized carbons (Fsp3) is 0.543. The molecule has 0 radical (unpaired) electrons. The van der Waals surface area contributed by atoms with Crippen LogP contribution in [0, 0.1) is 30.1 Å². The van der Waals surface area contributed by atoms with Crippen molar-refractivity contribution in [1.29, 1.82) is 0 Å². The number of benzene rings is 1. The van der Waals surface area contributed by atoms with Crippen LogP contribution >= 0.6 is 11.3 Å². The molecule has 5 heterocycles. The Morgan fingerprint density at radius 1 is 0.934 bits per heavy atom. The highest BCUT2D eigenvalue weighted by Crippen LogP contribution is 2.72. The molecule has 2 unspecified atom stereocenters. The summed E-state index contributed by atoms with van der Waals surface area (Å²) in [6.07, 6.45) is 10.0. The minimum atomic E-state index is -1.10. The van der Waals surface area contributed by atoms with Crippen molar-refractivity contribution in [3.63, 3.8) is 0 Å². The van der Waals surface area contributed by atoms with E-state index in [0.29, 0.717) is 49.3 Å². The first-order valence-electron chi connectivity index (χ1n) is 21.7. The first-order chi connectivity index (χ1) is 29.1. The zero-order valence-corrected chi connectivity index (χ0v) is 37.4. The SMILES string of the molecule is CC.Cc1c(Nc2nc3ccccc3s2)nnc2c1CCCN2c1ccc(-c2cnn(CC34CC5(C)CC(C)(C3)CC(OCCN(C)CCC(=O)O)(C5)C4)c2C)c(C(=O)O)n1. The summed E-state index contributed by atoms with van der Waals surface area (Å²) in [5, 5.41) is 38.0. The van der Waals surface area contributed by atoms with Gasteiger partial charge in [0.25, 0.3) is 0 Å². The number of para-hydroxylation sites is 1. The van der Waals surface area contributed by atoms with Crippen LogP contribution in [0.5, 0.6) is 0 Å². The van der Waals surface area contributed by atoms with Crippen LogP contribution in [0.4, 0.5) is 22.6 Å². The third-order valence-corrected chi connectivity index (χ3v) is 14.3. The average molecular weight is 850 g/mol. The third kappa shape index (κ3) is 8.36. The maximum absolute atomic E-state index is 12.9. The second kappa shape index (κ2) is 16.4. The van der Waals surface area contributed by atoms with Gasteiger partial charge in [-0.15, -0.1) is 10.2 Å². The topological polar surface area (TPSA) is 172 Å². The number of anilines is 4. The number of rotatable bonds is 14. The maximum Gasteiger partial charge on any atom is 0.355 e. The summed E-state index contributed by atoms with van der Waals surface area (Å²) in [4.78, 5) is 37.5. The van der Waals surface area contributed by atoms with Gasteiger partial charge >= 0.3 is 11.9 Å². The van der Waals surface area contributed by atoms with E-state index in [4.69, 9.17) is 24.9 Å². The lowest BCUT2D eigenvalue weighted by Crippen LogP contribution is -2.64. The molecule has 10 rings (SSSR count). The van der Waals surface area contributed by atoms with E-state index in [2.05, 4.69) is 34.0 Å². The molecule has 2 atom stereocenters. The molecular weight excluding hydrogens is 791 g/mol. The number of aromatic carboxylic acids is 1. The van der Waals surface area contributed by atoms with Gasteiger partial charge in [-0.3, -0.25) is 9.48 Å². The van der Waals surface area contributed by atoms with Crippen molar-refractivity contribution in [2.45, 2.75) is 111 Å². The molecule has 4 fully saturated rings. The van der Waals surface area contributed by atoms with Crippen molar-refractivity contribution in [2.24, 2.45) is 16.2 Å². The number of likely N-dealkylation sites (N-methyl/N-ethyl adjacent to an activating group) is 1. The number of aromatic nitrogens is 6. The maximum atomic E-state index is 12.9. The Labute approximate surface area is 361 Å². The number of carboxylic acid groups (broad SMARTS) is 2. The van der Waals surface area contributed by atoms with E-state index in [1.54, 1.807) is 17.5 Å². The number of fused-ring (bicyclic) bond motifs is 2. The molecule has 15 heteroatoms. The van der Waals surface area contributed by atoms with Crippen LogP contribution in [0.15, 0.2) is 42.6 Å². The summed E-state index contributed by atoms with van der Waals surface area (Å²) in [5.41, 5.74) is 5.24. The summed E-state index contributed by atoms with van der Waals surface area (Å²) in [5.74, 6) is -0.0205. The Kier molecular flexibility index (Phi) is 11.5. The van der Waals surface area contributed by atoms with Crippen molar-refractivity contribution in [3.05, 3.63) is 65.1 Å². The number of nitrogens with zero attached hydrogens (tertiary/aromatic N) is 8. The number of carboxylic acids is 2. The molecule has 0 amide bonds. The van der Waals surface area contributed by atoms with Crippen molar-refractivity contribution in [1.82, 2.24) is 34.8 Å². The molecule has 4 aromatic heterocycles. The smallest absolute Gasteiger partial charge is 0.355 e. The number of pyridine rings is 1. The van der Waals surface area contributed by atoms with Crippen LogP contribution < -0.4 is 10.2 Å². The molecule has 3 N–H and O–H groups in total. The Hall–Kier alpha value is -4.99. The zero-order chi connectivity index (χ0) is 43.3. The normalized spacial score (nSPS) is 25.1. The highest BCUT2D eigenvalue weighted by Gasteiger charge is 2.66. The lowest BCUT2D eigenvalue weighted by atomic mass is 9.39. The van der Waals surface area contributed by atoms with E-state index in [9.17, 15) is 14.7 Å². The standard InChI is InChI=1S/C44H53N9O5S.C2H6/c1-27-29-9-8-15-52(38(29)50-49-37(27)48-40-46-32-10-6-7-11-33(32)59-40)34-13-12-30(36(47-34)39(56)57)31-19-45-53(28(31)2)26-43-21-41(3)20-42(4,22-43)24-44(23-41,25-43)58-18-17-51(5)16-14-35(54)55;1-2/h6-7,10-13,19H,8-9,14-18,20-26H2,1-5H3,(H,54,55)(H,56,57)(H,46,48,49);1-2H3. The summed E-state index contributed by atoms with van der Waals surface area (Å²) >= 11 is 1.57. The van der Waals surface area contributed by atoms with E-state index in [0.717, 1.165) is 89.2 Å². The van der Waals surface area contributed by atoms with Crippen molar-refractivity contribution < 1.29 is 24.5 Å². The lowest BCUT2D eigenvalue weighted by molar-refractivity contribution is -0.248. The van der Waals surface area contributed by atoms with Gasteiger partial charge in [0, 0.05) is 54.1 Å². The molecule has 1 aliphatic heterocycles. The molecule has 4 aliphatic carbocycles.